The van der Waals surface area contributed by atoms with Crippen LogP contribution in [0.2, 0.25) is 0 Å². The number of benzene rings is 3. The lowest BCUT2D eigenvalue weighted by atomic mass is 9.24. The topological polar surface area (TPSA) is 8.81 Å². The van der Waals surface area contributed by atoms with Crippen LogP contribution in [0.1, 0.15) is 0 Å². The summed E-state index contributed by atoms with van der Waals surface area (Å²) in [5.74, 6) is 0. The van der Waals surface area contributed by atoms with Gasteiger partial charge in [-0.05, 0) is 0 Å². The number of nitrogens with zero attached hydrogens (tertiary/aromatic N) is 2. The molecule has 1 aromatic heterocycles. The Balaban J connectivity index is 2.12. The molecular formula is C22H21BN2. The standard InChI is InChI=1S/C22H21BN2/c1-24-17-18-25(19-24)23(20-11-5-2-6-12-20,21-13-7-3-8-14-21)22-15-9-4-10-16-22/h2-19H,1H3. The molecule has 25 heavy (non-hydrogen) atoms. The molecule has 4 rings (SSSR count). The van der Waals surface area contributed by atoms with Crippen molar-refractivity contribution in [1.29, 1.82) is 0 Å². The minimum Gasteiger partial charge on any atom is -0.422 e. The number of aromatic nitrogens is 2. The molecule has 0 aliphatic rings. The first-order valence-electron chi connectivity index (χ1n) is 8.67. The summed E-state index contributed by atoms with van der Waals surface area (Å²) in [5.41, 5.74) is 3.91. The molecule has 3 heteroatoms. The summed E-state index contributed by atoms with van der Waals surface area (Å²) in [5, 5.41) is 0. The van der Waals surface area contributed by atoms with Crippen LogP contribution in [0.3, 0.4) is 0 Å². The lowest BCUT2D eigenvalue weighted by molar-refractivity contribution is -0.538. The highest BCUT2D eigenvalue weighted by atomic mass is 15.1. The fraction of sp³-hybridized carbons (Fsp3) is 0.0455. The molecule has 0 saturated carbocycles. The maximum atomic E-state index is 2.36. The van der Waals surface area contributed by atoms with E-state index in [0.29, 0.717) is 0 Å². The fourth-order valence-electron chi connectivity index (χ4n) is 3.99. The van der Waals surface area contributed by atoms with Crippen molar-refractivity contribution in [2.75, 3.05) is 0 Å². The average molecular weight is 324 g/mol. The predicted octanol–water partition coefficient (Wildman–Crippen LogP) is 1.83. The maximum absolute atomic E-state index is 2.36. The minimum atomic E-state index is -1.30. The van der Waals surface area contributed by atoms with Crippen molar-refractivity contribution >= 4 is 22.7 Å². The number of hydrogen-bond acceptors (Lipinski definition) is 0. The van der Waals surface area contributed by atoms with Gasteiger partial charge in [-0.3, -0.25) is 0 Å². The SMILES string of the molecule is Cn1cc[n+]([B-](c2ccccc2)(c2ccccc2)c2ccccc2)c1. The molecule has 1 heterocycles. The van der Waals surface area contributed by atoms with Gasteiger partial charge in [0.1, 0.15) is 6.20 Å². The van der Waals surface area contributed by atoms with Gasteiger partial charge in [0.2, 0.25) is 0 Å². The van der Waals surface area contributed by atoms with Crippen LogP contribution in [0.25, 0.3) is 0 Å². The van der Waals surface area contributed by atoms with E-state index >= 15 is 0 Å². The molecule has 4 aromatic rings. The third-order valence-corrected chi connectivity index (χ3v) is 5.08. The Morgan fingerprint density at radius 1 is 0.640 bits per heavy atom. The molecule has 0 fully saturated rings. The lowest BCUT2D eigenvalue weighted by Gasteiger charge is -2.39. The van der Waals surface area contributed by atoms with Crippen LogP contribution in [0.5, 0.6) is 0 Å². The van der Waals surface area contributed by atoms with E-state index in [4.69, 9.17) is 0 Å². The van der Waals surface area contributed by atoms with Crippen LogP contribution < -0.4 is 20.9 Å². The largest absolute Gasteiger partial charge is 0.422 e. The van der Waals surface area contributed by atoms with Crippen LogP contribution in [0, 0.1) is 0 Å². The van der Waals surface area contributed by atoms with E-state index in [2.05, 4.69) is 126 Å². The summed E-state index contributed by atoms with van der Waals surface area (Å²) >= 11 is 0. The highest BCUT2D eigenvalue weighted by Gasteiger charge is 2.37. The summed E-state index contributed by atoms with van der Waals surface area (Å²) in [6.07, 6.45) is 5.15. The Hall–Kier alpha value is -3.07. The smallest absolute Gasteiger partial charge is 0.271 e. The van der Waals surface area contributed by atoms with Gasteiger partial charge < -0.3 is 4.48 Å². The van der Waals surface area contributed by atoms with Crippen LogP contribution in [0.4, 0.5) is 0 Å². The highest BCUT2D eigenvalue weighted by Crippen LogP contribution is 2.05. The van der Waals surface area contributed by atoms with Crippen LogP contribution in [-0.2, 0) is 7.05 Å². The number of rotatable bonds is 4. The van der Waals surface area contributed by atoms with E-state index in [-0.39, 0.29) is 0 Å². The van der Waals surface area contributed by atoms with E-state index in [0.717, 1.165) is 0 Å². The van der Waals surface area contributed by atoms with Crippen molar-refractivity contribution in [2.24, 2.45) is 7.05 Å². The molecule has 0 spiro atoms. The van der Waals surface area contributed by atoms with Gasteiger partial charge in [0.05, 0.1) is 13.2 Å². The second-order valence-electron chi connectivity index (χ2n) is 6.58. The predicted molar refractivity (Wildman–Crippen MR) is 105 cm³/mol. The monoisotopic (exact) mass is 324 g/mol. The number of imidazole rings is 1. The van der Waals surface area contributed by atoms with Crippen molar-refractivity contribution in [2.45, 2.75) is 0 Å². The highest BCUT2D eigenvalue weighted by molar-refractivity contribution is 7.05. The Morgan fingerprint density at radius 3 is 1.36 bits per heavy atom. The zero-order valence-electron chi connectivity index (χ0n) is 14.4. The molecule has 0 saturated heterocycles. The van der Waals surface area contributed by atoms with Gasteiger partial charge in [-0.2, -0.15) is 16.4 Å². The van der Waals surface area contributed by atoms with Crippen molar-refractivity contribution in [1.82, 2.24) is 4.57 Å². The summed E-state index contributed by atoms with van der Waals surface area (Å²) in [7, 11) is 2.07. The third kappa shape index (κ3) is 2.58. The van der Waals surface area contributed by atoms with Gasteiger partial charge in [0.15, 0.2) is 6.33 Å². The van der Waals surface area contributed by atoms with E-state index < -0.39 is 6.28 Å². The zero-order valence-corrected chi connectivity index (χ0v) is 14.4. The van der Waals surface area contributed by atoms with Crippen LogP contribution >= 0.6 is 0 Å². The normalized spacial score (nSPS) is 11.4. The van der Waals surface area contributed by atoms with Gasteiger partial charge in [-0.15, -0.1) is 0 Å². The molecule has 0 atom stereocenters. The van der Waals surface area contributed by atoms with Crippen molar-refractivity contribution in [3.8, 4) is 0 Å². The molecule has 0 amide bonds. The van der Waals surface area contributed by atoms with E-state index in [1.807, 2.05) is 0 Å². The minimum absolute atomic E-state index is 1.30. The molecule has 122 valence electrons. The molecule has 0 radical (unpaired) electrons. The van der Waals surface area contributed by atoms with Gasteiger partial charge >= 0.3 is 0 Å². The molecule has 0 unspecified atom stereocenters. The first-order valence-corrected chi connectivity index (χ1v) is 8.67. The van der Waals surface area contributed by atoms with Crippen molar-refractivity contribution < 1.29 is 4.48 Å². The van der Waals surface area contributed by atoms with Gasteiger partial charge in [0.25, 0.3) is 6.28 Å². The van der Waals surface area contributed by atoms with Crippen LogP contribution in [0.15, 0.2) is 110 Å². The second-order valence-corrected chi connectivity index (χ2v) is 6.58. The molecule has 0 bridgehead atoms. The van der Waals surface area contributed by atoms with Crippen molar-refractivity contribution in [3.05, 3.63) is 110 Å². The quantitative estimate of drug-likeness (QED) is 0.507. The second kappa shape index (κ2) is 6.44. The molecule has 0 aliphatic carbocycles. The summed E-state index contributed by atoms with van der Waals surface area (Å²) in [4.78, 5) is 0. The number of hydrogen-bond donors (Lipinski definition) is 0. The van der Waals surface area contributed by atoms with Gasteiger partial charge in [-0.25, -0.2) is 4.57 Å². The lowest BCUT2D eigenvalue weighted by Crippen LogP contribution is -2.84. The average Bonchev–Trinajstić information content (AvgIpc) is 3.12. The van der Waals surface area contributed by atoms with Crippen molar-refractivity contribution in [3.63, 3.8) is 0 Å². The third-order valence-electron chi connectivity index (χ3n) is 5.08. The summed E-state index contributed by atoms with van der Waals surface area (Å²) in [6, 6.07) is 32.4. The summed E-state index contributed by atoms with van der Waals surface area (Å²) in [6.45, 7) is 0. The molecule has 0 aliphatic heterocycles. The van der Waals surface area contributed by atoms with E-state index in [1.54, 1.807) is 0 Å². The maximum Gasteiger partial charge on any atom is 0.271 e. The zero-order chi connectivity index (χ0) is 17.1. The van der Waals surface area contributed by atoms with E-state index in [1.165, 1.54) is 16.4 Å². The van der Waals surface area contributed by atoms with Crippen LogP contribution in [-0.4, -0.2) is 10.8 Å². The molecular weight excluding hydrogens is 303 g/mol. The molecule has 3 aromatic carbocycles. The number of aryl methyl sites for hydroxylation is 1. The summed E-state index contributed by atoms with van der Waals surface area (Å²) < 4.78 is 4.46. The van der Waals surface area contributed by atoms with Gasteiger partial charge in [0, 0.05) is 0 Å². The molecule has 2 nitrogen and oxygen atoms in total. The Morgan fingerprint density at radius 2 is 1.04 bits per heavy atom. The van der Waals surface area contributed by atoms with E-state index in [9.17, 15) is 0 Å². The first-order chi connectivity index (χ1) is 12.3. The first kappa shape index (κ1) is 15.5. The fourth-order valence-corrected chi connectivity index (χ4v) is 3.99. The van der Waals surface area contributed by atoms with Gasteiger partial charge in [-0.1, -0.05) is 91.0 Å². The Kier molecular flexibility index (Phi) is 3.98. The molecule has 0 N–H and O–H groups in total. The Labute approximate surface area is 148 Å². The Bertz CT molecular complexity index is 850.